The molecule has 4 nitrogen and oxygen atoms in total. The van der Waals surface area contributed by atoms with Crippen LogP contribution < -0.4 is 4.90 Å². The molecule has 0 unspecified atom stereocenters. The Hall–Kier alpha value is -2.75. The van der Waals surface area contributed by atoms with E-state index in [1.54, 1.807) is 0 Å². The average Bonchev–Trinajstić information content (AvgIpc) is 3.33. The quantitative estimate of drug-likeness (QED) is 0.713. The molecular weight excluding hydrogens is 334 g/mol. The molecule has 0 N–H and O–H groups in total. The number of piperidine rings is 1. The van der Waals surface area contributed by atoms with Crippen molar-refractivity contribution < 1.29 is 4.79 Å². The first kappa shape index (κ1) is 16.4. The van der Waals surface area contributed by atoms with Crippen molar-refractivity contribution in [3.63, 3.8) is 0 Å². The summed E-state index contributed by atoms with van der Waals surface area (Å²) in [6, 6.07) is 19.6. The molecule has 0 atom stereocenters. The summed E-state index contributed by atoms with van der Waals surface area (Å²) < 4.78 is 2.07. The van der Waals surface area contributed by atoms with Gasteiger partial charge in [0.15, 0.2) is 0 Å². The van der Waals surface area contributed by atoms with Crippen molar-refractivity contribution in [3.8, 4) is 0 Å². The van der Waals surface area contributed by atoms with Crippen molar-refractivity contribution in [2.24, 2.45) is 0 Å². The third kappa shape index (κ3) is 2.99. The first-order chi connectivity index (χ1) is 13.3. The molecule has 1 fully saturated rings. The molecule has 0 saturated carbocycles. The first-order valence-corrected chi connectivity index (χ1v) is 9.96. The van der Waals surface area contributed by atoms with E-state index in [0.29, 0.717) is 12.6 Å². The smallest absolute Gasteiger partial charge is 0.242 e. The number of likely N-dealkylation sites (tertiary alicyclic amines) is 1. The Kier molecular flexibility index (Phi) is 4.12. The van der Waals surface area contributed by atoms with E-state index < -0.39 is 0 Å². The normalized spacial score (nSPS) is 17.5. The van der Waals surface area contributed by atoms with Crippen LogP contribution in [0.1, 0.15) is 18.4 Å². The fourth-order valence-electron chi connectivity index (χ4n) is 4.69. The summed E-state index contributed by atoms with van der Waals surface area (Å²) in [5.74, 6) is 0.233. The standard InChI is InChI=1S/C23H25N3O/c27-23(17-25-13-9-18-5-1-3-7-21(18)25)24-14-11-20(12-15-24)26-16-10-19-6-2-4-8-22(19)26/h1-9,13,20H,10-12,14-17H2. The van der Waals surface area contributed by atoms with E-state index in [0.717, 1.165) is 44.4 Å². The third-order valence-electron chi connectivity index (χ3n) is 6.17. The zero-order valence-corrected chi connectivity index (χ0v) is 15.6. The van der Waals surface area contributed by atoms with E-state index in [4.69, 9.17) is 0 Å². The maximum Gasteiger partial charge on any atom is 0.242 e. The molecule has 0 radical (unpaired) electrons. The summed E-state index contributed by atoms with van der Waals surface area (Å²) in [5.41, 5.74) is 4.01. The van der Waals surface area contributed by atoms with E-state index in [1.165, 1.54) is 16.6 Å². The van der Waals surface area contributed by atoms with Gasteiger partial charge in [0.25, 0.3) is 0 Å². The highest BCUT2D eigenvalue weighted by molar-refractivity contribution is 5.83. The molecule has 1 aromatic heterocycles. The van der Waals surface area contributed by atoms with E-state index in [9.17, 15) is 4.79 Å². The number of amides is 1. The zero-order chi connectivity index (χ0) is 18.2. The van der Waals surface area contributed by atoms with Gasteiger partial charge in [-0.25, -0.2) is 0 Å². The lowest BCUT2D eigenvalue weighted by molar-refractivity contribution is -0.132. The molecule has 5 rings (SSSR count). The van der Waals surface area contributed by atoms with E-state index in [1.807, 2.05) is 23.2 Å². The molecule has 3 aromatic rings. The number of rotatable bonds is 3. The summed E-state index contributed by atoms with van der Waals surface area (Å²) in [5, 5.41) is 1.19. The minimum absolute atomic E-state index is 0.233. The zero-order valence-electron chi connectivity index (χ0n) is 15.6. The molecule has 1 amide bonds. The van der Waals surface area contributed by atoms with Crippen molar-refractivity contribution in [2.45, 2.75) is 31.8 Å². The van der Waals surface area contributed by atoms with Gasteiger partial charge in [0.2, 0.25) is 5.91 Å². The van der Waals surface area contributed by atoms with Gasteiger partial charge in [-0.3, -0.25) is 4.79 Å². The maximum absolute atomic E-state index is 12.8. The Bertz CT molecular complexity index is 968. The predicted octanol–water partition coefficient (Wildman–Crippen LogP) is 3.70. The number of hydrogen-bond acceptors (Lipinski definition) is 2. The van der Waals surface area contributed by atoms with Gasteiger partial charge in [-0.1, -0.05) is 36.4 Å². The molecule has 0 spiro atoms. The van der Waals surface area contributed by atoms with Crippen molar-refractivity contribution >= 4 is 22.5 Å². The van der Waals surface area contributed by atoms with Crippen LogP contribution in [0.15, 0.2) is 60.8 Å². The van der Waals surface area contributed by atoms with Crippen LogP contribution in [0.5, 0.6) is 0 Å². The molecule has 3 heterocycles. The van der Waals surface area contributed by atoms with Crippen LogP contribution >= 0.6 is 0 Å². The molecule has 27 heavy (non-hydrogen) atoms. The molecule has 4 heteroatoms. The number of aromatic nitrogens is 1. The fraction of sp³-hybridized carbons (Fsp3) is 0.348. The van der Waals surface area contributed by atoms with Crippen LogP contribution in [0.4, 0.5) is 5.69 Å². The molecule has 138 valence electrons. The topological polar surface area (TPSA) is 28.5 Å². The molecule has 1 saturated heterocycles. The fourth-order valence-corrected chi connectivity index (χ4v) is 4.69. The lowest BCUT2D eigenvalue weighted by Crippen LogP contribution is -2.47. The number of benzene rings is 2. The van der Waals surface area contributed by atoms with E-state index in [2.05, 4.69) is 51.9 Å². The monoisotopic (exact) mass is 359 g/mol. The Morgan fingerprint density at radius 2 is 1.70 bits per heavy atom. The molecular formula is C23H25N3O. The highest BCUT2D eigenvalue weighted by atomic mass is 16.2. The lowest BCUT2D eigenvalue weighted by Gasteiger charge is -2.38. The summed E-state index contributed by atoms with van der Waals surface area (Å²) >= 11 is 0. The molecule has 2 aliphatic heterocycles. The number of nitrogens with zero attached hydrogens (tertiary/aromatic N) is 3. The second-order valence-corrected chi connectivity index (χ2v) is 7.69. The van der Waals surface area contributed by atoms with Crippen molar-refractivity contribution in [3.05, 3.63) is 66.4 Å². The highest BCUT2D eigenvalue weighted by Gasteiger charge is 2.30. The van der Waals surface area contributed by atoms with Crippen LogP contribution in [-0.2, 0) is 17.8 Å². The van der Waals surface area contributed by atoms with Gasteiger partial charge >= 0.3 is 0 Å². The van der Waals surface area contributed by atoms with Crippen LogP contribution in [0, 0.1) is 0 Å². The minimum Gasteiger partial charge on any atom is -0.368 e. The van der Waals surface area contributed by atoms with Crippen LogP contribution in [-0.4, -0.2) is 41.1 Å². The first-order valence-electron chi connectivity index (χ1n) is 9.96. The van der Waals surface area contributed by atoms with Crippen LogP contribution in [0.2, 0.25) is 0 Å². The van der Waals surface area contributed by atoms with Gasteiger partial charge in [0, 0.05) is 43.1 Å². The summed E-state index contributed by atoms with van der Waals surface area (Å²) in [6.45, 7) is 3.28. The SMILES string of the molecule is O=C(Cn1ccc2ccccc21)N1CCC(N2CCc3ccccc32)CC1. The van der Waals surface area contributed by atoms with Crippen LogP contribution in [0.25, 0.3) is 10.9 Å². The highest BCUT2D eigenvalue weighted by Crippen LogP contribution is 2.32. The summed E-state index contributed by atoms with van der Waals surface area (Å²) in [7, 11) is 0. The number of hydrogen-bond donors (Lipinski definition) is 0. The number of fused-ring (bicyclic) bond motifs is 2. The van der Waals surface area contributed by atoms with Crippen LogP contribution in [0.3, 0.4) is 0 Å². The van der Waals surface area contributed by atoms with Crippen molar-refractivity contribution in [2.75, 3.05) is 24.5 Å². The van der Waals surface area contributed by atoms with E-state index in [-0.39, 0.29) is 5.91 Å². The summed E-state index contributed by atoms with van der Waals surface area (Å²) in [6.07, 6.45) is 5.30. The van der Waals surface area contributed by atoms with Gasteiger partial charge in [0.1, 0.15) is 6.54 Å². The number of carbonyl (C=O) groups is 1. The molecule has 0 bridgehead atoms. The van der Waals surface area contributed by atoms with Gasteiger partial charge in [0.05, 0.1) is 0 Å². The number of para-hydroxylation sites is 2. The second-order valence-electron chi connectivity index (χ2n) is 7.69. The Labute approximate surface area is 160 Å². The largest absolute Gasteiger partial charge is 0.368 e. The number of anilines is 1. The molecule has 0 aliphatic carbocycles. The predicted molar refractivity (Wildman–Crippen MR) is 109 cm³/mol. The summed E-state index contributed by atoms with van der Waals surface area (Å²) in [4.78, 5) is 17.4. The van der Waals surface area contributed by atoms with E-state index >= 15 is 0 Å². The molecule has 2 aromatic carbocycles. The average molecular weight is 359 g/mol. The Balaban J connectivity index is 1.22. The third-order valence-corrected chi connectivity index (χ3v) is 6.17. The van der Waals surface area contributed by atoms with Gasteiger partial charge in [-0.05, 0) is 48.4 Å². The molecule has 2 aliphatic rings. The van der Waals surface area contributed by atoms with Gasteiger partial charge < -0.3 is 14.4 Å². The maximum atomic E-state index is 12.8. The van der Waals surface area contributed by atoms with Gasteiger partial charge in [-0.2, -0.15) is 0 Å². The van der Waals surface area contributed by atoms with Crippen molar-refractivity contribution in [1.29, 1.82) is 0 Å². The number of carbonyl (C=O) groups excluding carboxylic acids is 1. The Morgan fingerprint density at radius 1 is 0.926 bits per heavy atom. The lowest BCUT2D eigenvalue weighted by atomic mass is 10.0. The Morgan fingerprint density at radius 3 is 2.59 bits per heavy atom. The van der Waals surface area contributed by atoms with Crippen molar-refractivity contribution in [1.82, 2.24) is 9.47 Å². The second kappa shape index (κ2) is 6.76. The van der Waals surface area contributed by atoms with Gasteiger partial charge in [-0.15, -0.1) is 0 Å². The minimum atomic E-state index is 0.233.